The SMILES string of the molecule is O=C(COC(=O)CCN1C(=O)NC2(CCCCC2)C1=O)NCCc1ccc(Cl)cc1. The molecule has 2 N–H and O–H groups in total. The van der Waals surface area contributed by atoms with Gasteiger partial charge in [-0.2, -0.15) is 0 Å². The molecule has 1 saturated heterocycles. The first-order chi connectivity index (χ1) is 14.4. The average Bonchev–Trinajstić information content (AvgIpc) is 2.96. The molecule has 9 heteroatoms. The van der Waals surface area contributed by atoms with E-state index in [-0.39, 0.29) is 18.9 Å². The molecule has 1 aliphatic heterocycles. The Hall–Kier alpha value is -2.61. The van der Waals surface area contributed by atoms with Crippen LogP contribution in [-0.4, -0.2) is 54.0 Å². The monoisotopic (exact) mass is 435 g/mol. The van der Waals surface area contributed by atoms with Crippen LogP contribution in [0.5, 0.6) is 0 Å². The highest BCUT2D eigenvalue weighted by Gasteiger charge is 2.51. The van der Waals surface area contributed by atoms with E-state index in [9.17, 15) is 19.2 Å². The molecule has 0 radical (unpaired) electrons. The van der Waals surface area contributed by atoms with Crippen molar-refractivity contribution in [1.29, 1.82) is 0 Å². The molecule has 2 fully saturated rings. The third-order valence-corrected chi connectivity index (χ3v) is 5.76. The van der Waals surface area contributed by atoms with Crippen molar-refractivity contribution in [1.82, 2.24) is 15.5 Å². The van der Waals surface area contributed by atoms with E-state index in [2.05, 4.69) is 10.6 Å². The zero-order valence-electron chi connectivity index (χ0n) is 16.7. The second-order valence-corrected chi connectivity index (χ2v) is 8.10. The maximum atomic E-state index is 12.6. The molecule has 1 heterocycles. The minimum atomic E-state index is -0.802. The number of amides is 4. The van der Waals surface area contributed by atoms with Crippen molar-refractivity contribution in [2.75, 3.05) is 19.7 Å². The molecule has 162 valence electrons. The molecule has 8 nitrogen and oxygen atoms in total. The number of halogens is 1. The summed E-state index contributed by atoms with van der Waals surface area (Å²) in [4.78, 5) is 49.6. The summed E-state index contributed by atoms with van der Waals surface area (Å²) in [5, 5.41) is 6.12. The minimum absolute atomic E-state index is 0.0521. The van der Waals surface area contributed by atoms with E-state index >= 15 is 0 Å². The number of hydrogen-bond acceptors (Lipinski definition) is 5. The van der Waals surface area contributed by atoms with Gasteiger partial charge in [0.2, 0.25) is 0 Å². The Bertz CT molecular complexity index is 805. The Morgan fingerprint density at radius 2 is 1.83 bits per heavy atom. The molecular weight excluding hydrogens is 410 g/mol. The quantitative estimate of drug-likeness (QED) is 0.481. The highest BCUT2D eigenvalue weighted by atomic mass is 35.5. The summed E-state index contributed by atoms with van der Waals surface area (Å²) in [7, 11) is 0. The average molecular weight is 436 g/mol. The Morgan fingerprint density at radius 1 is 1.13 bits per heavy atom. The maximum absolute atomic E-state index is 12.6. The molecule has 1 aromatic rings. The molecule has 1 aliphatic carbocycles. The predicted octanol–water partition coefficient (Wildman–Crippen LogP) is 2.19. The van der Waals surface area contributed by atoms with Crippen molar-refractivity contribution < 1.29 is 23.9 Å². The Balaban J connectivity index is 1.34. The second-order valence-electron chi connectivity index (χ2n) is 7.67. The number of nitrogens with one attached hydrogen (secondary N) is 2. The van der Waals surface area contributed by atoms with Gasteiger partial charge in [-0.15, -0.1) is 0 Å². The van der Waals surface area contributed by atoms with Gasteiger partial charge >= 0.3 is 12.0 Å². The first-order valence-corrected chi connectivity index (χ1v) is 10.6. The van der Waals surface area contributed by atoms with Crippen molar-refractivity contribution >= 4 is 35.4 Å². The van der Waals surface area contributed by atoms with E-state index < -0.39 is 30.1 Å². The zero-order valence-corrected chi connectivity index (χ0v) is 17.5. The molecule has 4 amide bonds. The Morgan fingerprint density at radius 3 is 2.53 bits per heavy atom. The van der Waals surface area contributed by atoms with Crippen molar-refractivity contribution in [3.05, 3.63) is 34.9 Å². The van der Waals surface area contributed by atoms with Crippen molar-refractivity contribution in [3.63, 3.8) is 0 Å². The number of esters is 1. The van der Waals surface area contributed by atoms with Crippen LogP contribution in [-0.2, 0) is 25.5 Å². The maximum Gasteiger partial charge on any atom is 0.325 e. The summed E-state index contributed by atoms with van der Waals surface area (Å²) in [6, 6.07) is 6.85. The van der Waals surface area contributed by atoms with Gasteiger partial charge in [0.15, 0.2) is 6.61 Å². The standard InChI is InChI=1S/C21H26ClN3O5/c22-16-6-4-15(5-7-16)8-12-23-17(26)14-30-18(27)9-13-25-19(28)21(24-20(25)29)10-2-1-3-11-21/h4-7H,1-3,8-14H2,(H,23,26)(H,24,29). The summed E-state index contributed by atoms with van der Waals surface area (Å²) in [5.74, 6) is -1.30. The first-order valence-electron chi connectivity index (χ1n) is 10.2. The van der Waals surface area contributed by atoms with Crippen molar-refractivity contribution in [2.45, 2.75) is 50.5 Å². The molecule has 1 aromatic carbocycles. The third-order valence-electron chi connectivity index (χ3n) is 5.51. The predicted molar refractivity (Wildman–Crippen MR) is 110 cm³/mol. The highest BCUT2D eigenvalue weighted by Crippen LogP contribution is 2.33. The lowest BCUT2D eigenvalue weighted by Crippen LogP contribution is -2.48. The number of carbonyl (C=O) groups is 4. The summed E-state index contributed by atoms with van der Waals surface area (Å²) in [6.07, 6.45) is 4.60. The molecule has 1 saturated carbocycles. The van der Waals surface area contributed by atoms with Crippen LogP contribution in [0.25, 0.3) is 0 Å². The summed E-state index contributed by atoms with van der Waals surface area (Å²) >= 11 is 5.83. The number of benzene rings is 1. The lowest BCUT2D eigenvalue weighted by atomic mass is 9.82. The molecule has 0 atom stereocenters. The molecule has 1 spiro atoms. The van der Waals surface area contributed by atoms with Crippen LogP contribution in [0.2, 0.25) is 5.02 Å². The fourth-order valence-corrected chi connectivity index (χ4v) is 3.97. The van der Waals surface area contributed by atoms with Crippen molar-refractivity contribution in [2.24, 2.45) is 0 Å². The van der Waals surface area contributed by atoms with E-state index in [1.165, 1.54) is 0 Å². The van der Waals surface area contributed by atoms with Gasteiger partial charge in [0.05, 0.1) is 6.42 Å². The fraction of sp³-hybridized carbons (Fsp3) is 0.524. The van der Waals surface area contributed by atoms with Crippen LogP contribution in [0.1, 0.15) is 44.1 Å². The van der Waals surface area contributed by atoms with Gasteiger partial charge in [0.1, 0.15) is 5.54 Å². The second kappa shape index (κ2) is 9.93. The van der Waals surface area contributed by atoms with Crippen LogP contribution in [0.3, 0.4) is 0 Å². The van der Waals surface area contributed by atoms with Gasteiger partial charge in [-0.25, -0.2) is 4.79 Å². The third kappa shape index (κ3) is 5.50. The number of rotatable bonds is 8. The molecular formula is C21H26ClN3O5. The van der Waals surface area contributed by atoms with E-state index in [1.807, 2.05) is 12.1 Å². The number of imide groups is 1. The van der Waals surface area contributed by atoms with Crippen LogP contribution in [0.15, 0.2) is 24.3 Å². The number of hydrogen-bond donors (Lipinski definition) is 2. The van der Waals surface area contributed by atoms with Gasteiger partial charge in [0, 0.05) is 18.1 Å². The Labute approximate surface area is 180 Å². The van der Waals surface area contributed by atoms with Gasteiger partial charge in [-0.05, 0) is 37.0 Å². The minimum Gasteiger partial charge on any atom is -0.456 e. The molecule has 2 aliphatic rings. The first kappa shape index (κ1) is 22.1. The zero-order chi connectivity index (χ0) is 21.6. The van der Waals surface area contributed by atoms with Crippen LogP contribution in [0, 0.1) is 0 Å². The topological polar surface area (TPSA) is 105 Å². The van der Waals surface area contributed by atoms with Crippen LogP contribution < -0.4 is 10.6 Å². The van der Waals surface area contributed by atoms with Gasteiger partial charge < -0.3 is 15.4 Å². The van der Waals surface area contributed by atoms with Gasteiger partial charge in [-0.1, -0.05) is 43.0 Å². The van der Waals surface area contributed by atoms with E-state index in [0.717, 1.165) is 29.7 Å². The lowest BCUT2D eigenvalue weighted by Gasteiger charge is -2.30. The molecule has 0 bridgehead atoms. The summed E-state index contributed by atoms with van der Waals surface area (Å²) in [6.45, 7) is -0.0461. The van der Waals surface area contributed by atoms with E-state index in [4.69, 9.17) is 16.3 Å². The number of ether oxygens (including phenoxy) is 1. The van der Waals surface area contributed by atoms with Gasteiger partial charge in [0.25, 0.3) is 11.8 Å². The molecule has 0 unspecified atom stereocenters. The Kier molecular flexibility index (Phi) is 7.31. The lowest BCUT2D eigenvalue weighted by molar-refractivity contribution is -0.149. The number of nitrogens with zero attached hydrogens (tertiary/aromatic N) is 1. The summed E-state index contributed by atoms with van der Waals surface area (Å²) in [5.41, 5.74) is 0.226. The smallest absolute Gasteiger partial charge is 0.325 e. The number of carbonyl (C=O) groups excluding carboxylic acids is 4. The fourth-order valence-electron chi connectivity index (χ4n) is 3.84. The van der Waals surface area contributed by atoms with E-state index in [1.54, 1.807) is 12.1 Å². The highest BCUT2D eigenvalue weighted by molar-refractivity contribution is 6.30. The van der Waals surface area contributed by atoms with E-state index in [0.29, 0.717) is 30.8 Å². The molecule has 30 heavy (non-hydrogen) atoms. The van der Waals surface area contributed by atoms with Crippen LogP contribution >= 0.6 is 11.6 Å². The van der Waals surface area contributed by atoms with Gasteiger partial charge in [-0.3, -0.25) is 19.3 Å². The van der Waals surface area contributed by atoms with Crippen molar-refractivity contribution in [3.8, 4) is 0 Å². The number of urea groups is 1. The normalized spacial score (nSPS) is 17.7. The summed E-state index contributed by atoms with van der Waals surface area (Å²) < 4.78 is 4.95. The molecule has 0 aromatic heterocycles. The molecule has 3 rings (SSSR count). The van der Waals surface area contributed by atoms with Crippen LogP contribution in [0.4, 0.5) is 4.79 Å². The largest absolute Gasteiger partial charge is 0.456 e.